The van der Waals surface area contributed by atoms with Gasteiger partial charge in [0.1, 0.15) is 0 Å². The molecular formula is C36H37N3O4S. The average Bonchev–Trinajstić information content (AvgIpc) is 3.36. The lowest BCUT2D eigenvalue weighted by atomic mass is 9.46. The first kappa shape index (κ1) is 28.6. The third-order valence-corrected chi connectivity index (χ3v) is 11.0. The Morgan fingerprint density at radius 1 is 0.955 bits per heavy atom. The van der Waals surface area contributed by atoms with Crippen molar-refractivity contribution in [2.45, 2.75) is 57.3 Å². The van der Waals surface area contributed by atoms with Crippen LogP contribution in [0.1, 0.15) is 78.8 Å². The summed E-state index contributed by atoms with van der Waals surface area (Å²) in [5, 5.41) is 18.6. The monoisotopic (exact) mass is 607 g/mol. The second-order valence-electron chi connectivity index (χ2n) is 12.7. The normalized spacial score (nSPS) is 25.3. The Bertz CT molecular complexity index is 1730. The number of methoxy groups -OCH3 is 1. The minimum absolute atomic E-state index is 0.0516. The Kier molecular flexibility index (Phi) is 7.41. The SMILES string of the molecule is COc1ccc(NC(=O)c2cccc(-c3csc(NC(=O)C4(C)CC5c6ccccc6C4C4CCCCCC54)n3)c2)cc1O. The number of nitrogens with one attached hydrogen (secondary N) is 2. The van der Waals surface area contributed by atoms with Gasteiger partial charge in [-0.05, 0) is 72.4 Å². The van der Waals surface area contributed by atoms with Gasteiger partial charge in [-0.1, -0.05) is 62.6 Å². The second-order valence-corrected chi connectivity index (χ2v) is 13.6. The summed E-state index contributed by atoms with van der Waals surface area (Å²) in [5.41, 5.74) is 4.75. The van der Waals surface area contributed by atoms with Gasteiger partial charge in [0.2, 0.25) is 5.91 Å². The fraction of sp³-hybridized carbons (Fsp3) is 0.361. The standard InChI is InChI=1S/C36H37N3O4S/c1-36(19-28-24-11-4-3-5-13-26(24)32(36)27-14-7-6-12-25(27)28)34(42)39-35-38-29(20-44-35)21-9-8-10-22(17-21)33(41)37-23-15-16-31(43-2)30(40)18-23/h6-10,12,14-18,20,24,26,28,32,40H,3-5,11,13,19H2,1-2H3,(H,37,41)(H,38,39,42). The number of hydrogen-bond donors (Lipinski definition) is 3. The van der Waals surface area contributed by atoms with Gasteiger partial charge < -0.3 is 20.5 Å². The van der Waals surface area contributed by atoms with Crippen LogP contribution in [0.5, 0.6) is 11.5 Å². The van der Waals surface area contributed by atoms with Crippen molar-refractivity contribution in [3.63, 3.8) is 0 Å². The van der Waals surface area contributed by atoms with Crippen molar-refractivity contribution in [3.8, 4) is 22.8 Å². The number of nitrogens with zero attached hydrogens (tertiary/aromatic N) is 1. The molecule has 5 atom stereocenters. The number of anilines is 2. The predicted octanol–water partition coefficient (Wildman–Crippen LogP) is 8.20. The molecule has 0 radical (unpaired) electrons. The summed E-state index contributed by atoms with van der Waals surface area (Å²) < 4.78 is 5.08. The van der Waals surface area contributed by atoms with E-state index in [0.29, 0.717) is 45.6 Å². The molecule has 4 aliphatic carbocycles. The fourth-order valence-electron chi connectivity index (χ4n) is 8.26. The molecule has 8 rings (SSSR count). The molecule has 44 heavy (non-hydrogen) atoms. The van der Waals surface area contributed by atoms with Crippen LogP contribution in [-0.2, 0) is 4.79 Å². The van der Waals surface area contributed by atoms with E-state index in [1.165, 1.54) is 67.7 Å². The molecule has 2 amide bonds. The number of thiazole rings is 1. The molecule has 8 heteroatoms. The topological polar surface area (TPSA) is 101 Å². The van der Waals surface area contributed by atoms with E-state index in [-0.39, 0.29) is 23.5 Å². The van der Waals surface area contributed by atoms with E-state index in [1.807, 2.05) is 17.5 Å². The Balaban J connectivity index is 1.09. The number of fused-ring (bicyclic) bond motifs is 1. The van der Waals surface area contributed by atoms with Crippen LogP contribution in [0.3, 0.4) is 0 Å². The van der Waals surface area contributed by atoms with Crippen molar-refractivity contribution in [1.29, 1.82) is 0 Å². The van der Waals surface area contributed by atoms with Crippen LogP contribution >= 0.6 is 11.3 Å². The van der Waals surface area contributed by atoms with Gasteiger partial charge in [0.05, 0.1) is 18.2 Å². The number of aromatic nitrogens is 1. The Labute approximate surface area is 261 Å². The van der Waals surface area contributed by atoms with Crippen LogP contribution < -0.4 is 15.4 Å². The molecule has 1 aromatic heterocycles. The number of ether oxygens (including phenoxy) is 1. The van der Waals surface area contributed by atoms with Gasteiger partial charge >= 0.3 is 0 Å². The summed E-state index contributed by atoms with van der Waals surface area (Å²) in [5.74, 6) is 1.89. The second kappa shape index (κ2) is 11.4. The zero-order valence-electron chi connectivity index (χ0n) is 25.0. The molecule has 1 heterocycles. The molecule has 3 N–H and O–H groups in total. The molecule has 0 spiro atoms. The Hall–Kier alpha value is -4.17. The van der Waals surface area contributed by atoms with Crippen LogP contribution in [0.4, 0.5) is 10.8 Å². The van der Waals surface area contributed by atoms with E-state index in [1.54, 1.807) is 24.3 Å². The first-order chi connectivity index (χ1) is 21.4. The Morgan fingerprint density at radius 3 is 2.55 bits per heavy atom. The molecule has 2 fully saturated rings. The van der Waals surface area contributed by atoms with Crippen molar-refractivity contribution in [2.75, 3.05) is 17.7 Å². The highest BCUT2D eigenvalue weighted by Crippen LogP contribution is 2.66. The molecular weight excluding hydrogens is 570 g/mol. The summed E-state index contributed by atoms with van der Waals surface area (Å²) in [7, 11) is 1.47. The van der Waals surface area contributed by atoms with Gasteiger partial charge in [-0.15, -0.1) is 11.3 Å². The van der Waals surface area contributed by atoms with Gasteiger partial charge in [-0.3, -0.25) is 9.59 Å². The highest BCUT2D eigenvalue weighted by Gasteiger charge is 2.59. The number of phenols is 1. The zero-order chi connectivity index (χ0) is 30.4. The first-order valence-electron chi connectivity index (χ1n) is 15.5. The third-order valence-electron chi connectivity index (χ3n) is 10.2. The Morgan fingerprint density at radius 2 is 1.75 bits per heavy atom. The van der Waals surface area contributed by atoms with Crippen molar-refractivity contribution < 1.29 is 19.4 Å². The van der Waals surface area contributed by atoms with Crippen LogP contribution in [0.15, 0.2) is 72.1 Å². The maximum Gasteiger partial charge on any atom is 0.255 e. The summed E-state index contributed by atoms with van der Waals surface area (Å²) in [6.07, 6.45) is 7.19. The quantitative estimate of drug-likeness (QED) is 0.205. The number of aromatic hydroxyl groups is 1. The van der Waals surface area contributed by atoms with E-state index < -0.39 is 5.41 Å². The van der Waals surface area contributed by atoms with Gasteiger partial charge in [0.25, 0.3) is 5.91 Å². The minimum atomic E-state index is -0.496. The molecule has 226 valence electrons. The van der Waals surface area contributed by atoms with E-state index in [9.17, 15) is 14.7 Å². The molecule has 2 saturated carbocycles. The van der Waals surface area contributed by atoms with E-state index in [0.717, 1.165) is 12.0 Å². The van der Waals surface area contributed by atoms with E-state index in [2.05, 4.69) is 41.8 Å². The maximum absolute atomic E-state index is 14.2. The highest BCUT2D eigenvalue weighted by atomic mass is 32.1. The van der Waals surface area contributed by atoms with Crippen LogP contribution in [0.2, 0.25) is 0 Å². The predicted molar refractivity (Wildman–Crippen MR) is 174 cm³/mol. The number of phenolic OH excluding ortho intramolecular Hbond substituents is 1. The first-order valence-corrected chi connectivity index (χ1v) is 16.4. The third kappa shape index (κ3) is 4.95. The van der Waals surface area contributed by atoms with Crippen LogP contribution in [0.25, 0.3) is 11.3 Å². The van der Waals surface area contributed by atoms with Crippen molar-refractivity contribution in [2.24, 2.45) is 17.3 Å². The number of amides is 2. The van der Waals surface area contributed by atoms with Gasteiger partial charge in [0.15, 0.2) is 16.6 Å². The van der Waals surface area contributed by atoms with Crippen LogP contribution in [0, 0.1) is 17.3 Å². The highest BCUT2D eigenvalue weighted by molar-refractivity contribution is 7.14. The smallest absolute Gasteiger partial charge is 0.255 e. The number of rotatable bonds is 6. The average molecular weight is 608 g/mol. The zero-order valence-corrected chi connectivity index (χ0v) is 25.8. The van der Waals surface area contributed by atoms with Gasteiger partial charge in [-0.2, -0.15) is 0 Å². The minimum Gasteiger partial charge on any atom is -0.504 e. The molecule has 3 aromatic carbocycles. The van der Waals surface area contributed by atoms with Crippen molar-refractivity contribution in [1.82, 2.24) is 4.98 Å². The van der Waals surface area contributed by atoms with Gasteiger partial charge in [0, 0.05) is 34.2 Å². The molecule has 5 unspecified atom stereocenters. The molecule has 2 bridgehead atoms. The van der Waals surface area contributed by atoms with Crippen LogP contribution in [-0.4, -0.2) is 29.0 Å². The van der Waals surface area contributed by atoms with E-state index >= 15 is 0 Å². The molecule has 0 aliphatic heterocycles. The molecule has 7 nitrogen and oxygen atoms in total. The molecule has 4 aliphatic rings. The number of hydrogen-bond acceptors (Lipinski definition) is 6. The lowest BCUT2D eigenvalue weighted by molar-refractivity contribution is -0.132. The van der Waals surface area contributed by atoms with Crippen molar-refractivity contribution >= 4 is 34.0 Å². The maximum atomic E-state index is 14.2. The lowest BCUT2D eigenvalue weighted by Crippen LogP contribution is -2.53. The summed E-state index contributed by atoms with van der Waals surface area (Å²) >= 11 is 1.41. The lowest BCUT2D eigenvalue weighted by Gasteiger charge is -2.57. The molecule has 0 saturated heterocycles. The molecule has 4 aromatic rings. The van der Waals surface area contributed by atoms with Gasteiger partial charge in [-0.25, -0.2) is 4.98 Å². The fourth-order valence-corrected chi connectivity index (χ4v) is 8.98. The number of carbonyl (C=O) groups is 2. The number of carbonyl (C=O) groups excluding carboxylic acids is 2. The largest absolute Gasteiger partial charge is 0.504 e. The summed E-state index contributed by atoms with van der Waals surface area (Å²) in [4.78, 5) is 31.9. The van der Waals surface area contributed by atoms with E-state index in [4.69, 9.17) is 9.72 Å². The number of benzene rings is 3. The van der Waals surface area contributed by atoms with Crippen molar-refractivity contribution in [3.05, 3.63) is 88.8 Å². The summed E-state index contributed by atoms with van der Waals surface area (Å²) in [6, 6.07) is 20.8. The summed E-state index contributed by atoms with van der Waals surface area (Å²) in [6.45, 7) is 2.18.